The number of hydrogen-bond donors (Lipinski definition) is 1. The average Bonchev–Trinajstić information content (AvgIpc) is 2.35. The Hall–Kier alpha value is -0.0800. The number of nitrogens with zero attached hydrogens (tertiary/aromatic N) is 1. The molecule has 1 aliphatic heterocycles. The number of likely N-dealkylation sites (N-methyl/N-ethyl adjacent to an activating group) is 1. The molecule has 0 aromatic rings. The van der Waals surface area contributed by atoms with E-state index in [0.29, 0.717) is 6.61 Å². The van der Waals surface area contributed by atoms with E-state index in [1.165, 1.54) is 19.3 Å². The number of aliphatic hydroxyl groups is 1. The van der Waals surface area contributed by atoms with E-state index < -0.39 is 0 Å². The van der Waals surface area contributed by atoms with E-state index in [-0.39, 0.29) is 5.54 Å². The first-order chi connectivity index (χ1) is 5.25. The highest BCUT2D eigenvalue weighted by atomic mass is 16.3. The van der Waals surface area contributed by atoms with Gasteiger partial charge in [0.2, 0.25) is 0 Å². The molecule has 0 aromatic heterocycles. The molecular weight excluding hydrogens is 138 g/mol. The van der Waals surface area contributed by atoms with E-state index in [4.69, 9.17) is 0 Å². The van der Waals surface area contributed by atoms with Gasteiger partial charge in [0.25, 0.3) is 0 Å². The molecule has 0 aliphatic carbocycles. The van der Waals surface area contributed by atoms with Crippen molar-refractivity contribution in [2.75, 3.05) is 20.2 Å². The summed E-state index contributed by atoms with van der Waals surface area (Å²) in [6.07, 6.45) is 4.73. The number of likely N-dealkylation sites (tertiary alicyclic amines) is 1. The number of hydrogen-bond acceptors (Lipinski definition) is 2. The molecule has 1 N–H and O–H groups in total. The summed E-state index contributed by atoms with van der Waals surface area (Å²) in [6, 6.07) is 0. The van der Waals surface area contributed by atoms with E-state index in [2.05, 4.69) is 18.9 Å². The smallest absolute Gasteiger partial charge is 0.0615 e. The Morgan fingerprint density at radius 1 is 1.55 bits per heavy atom. The SMILES string of the molecule is CCC[C@]1(CO)CCCN1C. The van der Waals surface area contributed by atoms with Crippen molar-refractivity contribution < 1.29 is 5.11 Å². The lowest BCUT2D eigenvalue weighted by Gasteiger charge is -2.34. The van der Waals surface area contributed by atoms with E-state index in [0.717, 1.165) is 13.0 Å². The van der Waals surface area contributed by atoms with Crippen LogP contribution in [0.2, 0.25) is 0 Å². The average molecular weight is 157 g/mol. The van der Waals surface area contributed by atoms with Gasteiger partial charge in [-0.1, -0.05) is 13.3 Å². The zero-order valence-corrected chi connectivity index (χ0v) is 7.64. The molecule has 0 radical (unpaired) electrons. The largest absolute Gasteiger partial charge is 0.394 e. The maximum Gasteiger partial charge on any atom is 0.0615 e. The Morgan fingerprint density at radius 2 is 2.27 bits per heavy atom. The van der Waals surface area contributed by atoms with Crippen LogP contribution in [0, 0.1) is 0 Å². The third kappa shape index (κ3) is 1.57. The molecule has 11 heavy (non-hydrogen) atoms. The molecular formula is C9H19NO. The third-order valence-corrected chi connectivity index (χ3v) is 2.96. The van der Waals surface area contributed by atoms with Crippen molar-refractivity contribution in [1.29, 1.82) is 0 Å². The summed E-state index contributed by atoms with van der Waals surface area (Å²) >= 11 is 0. The lowest BCUT2D eigenvalue weighted by molar-refractivity contribution is 0.0754. The Labute approximate surface area is 69.2 Å². The van der Waals surface area contributed by atoms with Gasteiger partial charge in [0.1, 0.15) is 0 Å². The summed E-state index contributed by atoms with van der Waals surface area (Å²) in [5.41, 5.74) is 0.134. The van der Waals surface area contributed by atoms with Gasteiger partial charge in [-0.3, -0.25) is 4.90 Å². The predicted molar refractivity (Wildman–Crippen MR) is 46.6 cm³/mol. The van der Waals surface area contributed by atoms with Gasteiger partial charge in [0.05, 0.1) is 6.61 Å². The quantitative estimate of drug-likeness (QED) is 0.666. The summed E-state index contributed by atoms with van der Waals surface area (Å²) in [4.78, 5) is 2.32. The molecule has 0 saturated carbocycles. The maximum absolute atomic E-state index is 9.28. The van der Waals surface area contributed by atoms with Gasteiger partial charge in [-0.25, -0.2) is 0 Å². The van der Waals surface area contributed by atoms with Crippen LogP contribution in [0.5, 0.6) is 0 Å². The van der Waals surface area contributed by atoms with Crippen molar-refractivity contribution in [3.8, 4) is 0 Å². The van der Waals surface area contributed by atoms with E-state index in [1.54, 1.807) is 0 Å². The van der Waals surface area contributed by atoms with Crippen molar-refractivity contribution in [1.82, 2.24) is 4.90 Å². The molecule has 1 saturated heterocycles. The van der Waals surface area contributed by atoms with Gasteiger partial charge in [0.15, 0.2) is 0 Å². The molecule has 0 spiro atoms. The van der Waals surface area contributed by atoms with Crippen molar-refractivity contribution >= 4 is 0 Å². The van der Waals surface area contributed by atoms with Crippen molar-refractivity contribution in [3.63, 3.8) is 0 Å². The molecule has 0 aromatic carbocycles. The van der Waals surface area contributed by atoms with Crippen LogP contribution in [0.25, 0.3) is 0 Å². The molecule has 1 fully saturated rings. The first kappa shape index (κ1) is 9.01. The Kier molecular flexibility index (Phi) is 2.90. The van der Waals surface area contributed by atoms with Gasteiger partial charge in [0, 0.05) is 5.54 Å². The minimum atomic E-state index is 0.134. The van der Waals surface area contributed by atoms with Crippen molar-refractivity contribution in [2.24, 2.45) is 0 Å². The Morgan fingerprint density at radius 3 is 2.64 bits per heavy atom. The highest BCUT2D eigenvalue weighted by molar-refractivity contribution is 4.93. The van der Waals surface area contributed by atoms with Gasteiger partial charge in [-0.05, 0) is 32.9 Å². The molecule has 2 heteroatoms. The fourth-order valence-electron chi connectivity index (χ4n) is 2.13. The van der Waals surface area contributed by atoms with Crippen LogP contribution in [0.3, 0.4) is 0 Å². The minimum Gasteiger partial charge on any atom is -0.394 e. The second kappa shape index (κ2) is 3.55. The number of rotatable bonds is 3. The zero-order chi connectivity index (χ0) is 8.32. The lowest BCUT2D eigenvalue weighted by Crippen LogP contribution is -2.44. The lowest BCUT2D eigenvalue weighted by atomic mass is 9.92. The second-order valence-corrected chi connectivity index (χ2v) is 3.66. The Balaban J connectivity index is 2.57. The van der Waals surface area contributed by atoms with Crippen LogP contribution in [0.4, 0.5) is 0 Å². The fourth-order valence-corrected chi connectivity index (χ4v) is 2.13. The standard InChI is InChI=1S/C9H19NO/c1-3-5-9(8-11)6-4-7-10(9)2/h11H,3-8H2,1-2H3/t9-/m1/s1. The summed E-state index contributed by atoms with van der Waals surface area (Å²) in [6.45, 7) is 3.67. The Bertz CT molecular complexity index is 127. The van der Waals surface area contributed by atoms with Gasteiger partial charge in [-0.2, -0.15) is 0 Å². The molecule has 0 bridgehead atoms. The molecule has 2 nitrogen and oxygen atoms in total. The van der Waals surface area contributed by atoms with E-state index in [9.17, 15) is 5.11 Å². The normalized spacial score (nSPS) is 33.0. The van der Waals surface area contributed by atoms with Crippen LogP contribution < -0.4 is 0 Å². The minimum absolute atomic E-state index is 0.134. The first-order valence-corrected chi connectivity index (χ1v) is 4.57. The predicted octanol–water partition coefficient (Wildman–Crippen LogP) is 1.24. The molecule has 1 rings (SSSR count). The third-order valence-electron chi connectivity index (χ3n) is 2.96. The summed E-state index contributed by atoms with van der Waals surface area (Å²) < 4.78 is 0. The van der Waals surface area contributed by atoms with Crippen molar-refractivity contribution in [3.05, 3.63) is 0 Å². The highest BCUT2D eigenvalue weighted by Crippen LogP contribution is 2.31. The fraction of sp³-hybridized carbons (Fsp3) is 1.00. The summed E-state index contributed by atoms with van der Waals surface area (Å²) in [7, 11) is 2.12. The zero-order valence-electron chi connectivity index (χ0n) is 7.64. The highest BCUT2D eigenvalue weighted by Gasteiger charge is 2.36. The molecule has 0 unspecified atom stereocenters. The molecule has 1 heterocycles. The van der Waals surface area contributed by atoms with Gasteiger partial charge < -0.3 is 5.11 Å². The molecule has 1 atom stereocenters. The number of aliphatic hydroxyl groups excluding tert-OH is 1. The van der Waals surface area contributed by atoms with Crippen LogP contribution in [-0.2, 0) is 0 Å². The van der Waals surface area contributed by atoms with Crippen LogP contribution >= 0.6 is 0 Å². The first-order valence-electron chi connectivity index (χ1n) is 4.57. The monoisotopic (exact) mass is 157 g/mol. The van der Waals surface area contributed by atoms with E-state index in [1.807, 2.05) is 0 Å². The van der Waals surface area contributed by atoms with Crippen LogP contribution in [0.1, 0.15) is 32.6 Å². The van der Waals surface area contributed by atoms with Crippen LogP contribution in [-0.4, -0.2) is 35.7 Å². The topological polar surface area (TPSA) is 23.5 Å². The maximum atomic E-state index is 9.28. The summed E-state index contributed by atoms with van der Waals surface area (Å²) in [5.74, 6) is 0. The molecule has 0 amide bonds. The van der Waals surface area contributed by atoms with Crippen molar-refractivity contribution in [2.45, 2.75) is 38.1 Å². The van der Waals surface area contributed by atoms with Gasteiger partial charge >= 0.3 is 0 Å². The van der Waals surface area contributed by atoms with Crippen LogP contribution in [0.15, 0.2) is 0 Å². The van der Waals surface area contributed by atoms with Gasteiger partial charge in [-0.15, -0.1) is 0 Å². The second-order valence-electron chi connectivity index (χ2n) is 3.66. The van der Waals surface area contributed by atoms with E-state index >= 15 is 0 Å². The molecule has 1 aliphatic rings. The molecule has 66 valence electrons. The summed E-state index contributed by atoms with van der Waals surface area (Å²) in [5, 5.41) is 9.28.